The molecular weight excluding hydrogens is 1140 g/mol. The molecule has 462 valence electrons. The molecule has 10 rings (SSSR count). The van der Waals surface area contributed by atoms with Crippen molar-refractivity contribution in [1.29, 1.82) is 16.0 Å². The minimum Gasteiger partial charge on any atom is -0.493 e. The zero-order valence-electron chi connectivity index (χ0n) is 49.1. The van der Waals surface area contributed by atoms with Gasteiger partial charge in [0.15, 0.2) is 0 Å². The molecule has 20 heteroatoms. The molecule has 5 aliphatic rings. The zero-order chi connectivity index (χ0) is 60.5. The molecule has 85 heavy (non-hydrogen) atoms. The lowest BCUT2D eigenvalue weighted by Gasteiger charge is -2.21. The summed E-state index contributed by atoms with van der Waals surface area (Å²) in [4.78, 5) is 54.8. The van der Waals surface area contributed by atoms with Gasteiger partial charge in [-0.2, -0.15) is 5.26 Å². The molecular formula is C65H88N6O11S3. The van der Waals surface area contributed by atoms with Gasteiger partial charge in [0, 0.05) is 78.7 Å². The van der Waals surface area contributed by atoms with Gasteiger partial charge < -0.3 is 30.5 Å². The molecule has 2 unspecified atom stereocenters. The number of hydrogen-bond donors (Lipinski definition) is 2. The third-order valence-electron chi connectivity index (χ3n) is 14.7. The van der Waals surface area contributed by atoms with Crippen LogP contribution in [0.4, 0.5) is 0 Å². The molecule has 2 heterocycles. The van der Waals surface area contributed by atoms with E-state index in [9.17, 15) is 27.6 Å². The summed E-state index contributed by atoms with van der Waals surface area (Å²) < 4.78 is 42.4. The lowest BCUT2D eigenvalue weighted by molar-refractivity contribution is 0.0648. The predicted octanol–water partition coefficient (Wildman–Crippen LogP) is 12.0. The summed E-state index contributed by atoms with van der Waals surface area (Å²) in [5, 5.41) is 26.9. The highest BCUT2D eigenvalue weighted by molar-refractivity contribution is 7.99. The van der Waals surface area contributed by atoms with Crippen LogP contribution in [0.15, 0.2) is 136 Å². The van der Waals surface area contributed by atoms with Crippen LogP contribution in [0.5, 0.6) is 17.2 Å². The van der Waals surface area contributed by atoms with Gasteiger partial charge in [-0.25, -0.2) is 0 Å². The molecule has 2 aliphatic heterocycles. The van der Waals surface area contributed by atoms with Crippen LogP contribution in [-0.2, 0) is 21.6 Å². The normalized spacial score (nSPS) is 16.2. The second-order valence-electron chi connectivity index (χ2n) is 20.8. The van der Waals surface area contributed by atoms with E-state index in [-0.39, 0.29) is 50.9 Å². The monoisotopic (exact) mass is 1220 g/mol. The highest BCUT2D eigenvalue weighted by atomic mass is 32.2. The van der Waals surface area contributed by atoms with Crippen molar-refractivity contribution >= 4 is 57.0 Å². The van der Waals surface area contributed by atoms with Gasteiger partial charge in [0.05, 0.1) is 69.7 Å². The summed E-state index contributed by atoms with van der Waals surface area (Å²) in [6.07, 6.45) is 19.4. The van der Waals surface area contributed by atoms with E-state index in [0.717, 1.165) is 40.3 Å². The average molecular weight is 1230 g/mol. The van der Waals surface area contributed by atoms with Crippen molar-refractivity contribution in [2.24, 2.45) is 23.5 Å². The Kier molecular flexibility index (Phi) is 33.1. The summed E-state index contributed by atoms with van der Waals surface area (Å²) in [6.45, 7) is 6.62. The first-order chi connectivity index (χ1) is 41.0. The van der Waals surface area contributed by atoms with Crippen LogP contribution in [0.1, 0.15) is 154 Å². The number of hydrogen-bond acceptors (Lipinski definition) is 15. The lowest BCUT2D eigenvalue weighted by atomic mass is 9.90. The maximum atomic E-state index is 12.8. The third-order valence-corrected chi connectivity index (χ3v) is 18.4. The standard InChI is InChI=1S/C23H25NO4S.C23H25NO3S.C15H23NO2S.C2H3N.C2H6O.N2.H2O.2H2/c25-22-20-11-4-5-12-21(20)23(26)24(22)13-14-29(27)19-10-6-9-18(15-19)28-16-17-7-2-1-3-8-17;25-22-20-11-4-5-12-21(20)23(26)24(22)13-14-28-19-10-6-9-18(15-19)27-16-17-7-2-1-3-8-17;16-9-10-19(17)15-8-4-7-14(11-15)18-12-13-5-2-1-3-6-13;2*1-2-3;1-2;;;/h4-6,9-12,15,17H,1-3,7-8,13-14,16H2;4-6,9-12,15,17H,1-3,7-8,13-14,16H2;4,7-8,11,13H,1-3,5-6,9-10,12,16H2;1H3;3H,2H2,1H3;;1H2;2*1H. The molecule has 5 N–H and O–H groups in total. The number of thioether (sulfide) groups is 1. The summed E-state index contributed by atoms with van der Waals surface area (Å²) in [5.74, 6) is 4.79. The Balaban J connectivity index is 0.000000420. The van der Waals surface area contributed by atoms with Crippen molar-refractivity contribution in [3.05, 3.63) is 144 Å². The molecule has 0 bridgehead atoms. The fourth-order valence-corrected chi connectivity index (χ4v) is 13.3. The SMILES string of the molecule is CC#N.CCO.N#N.NCCS(=O)c1cccc(OCC2CCCCC2)c1.O.O=C1c2ccccc2C(=O)N1CCS(=O)c1cccc(OCC2CCCCC2)c1.O=C1c2ccccc2C(=O)N1CCSc1cccc(OCC2CCCCC2)c1.[HH].[HH]. The smallest absolute Gasteiger partial charge is 0.261 e. The largest absolute Gasteiger partial charge is 0.493 e. The topological polar surface area (TPSA) is 286 Å². The minimum atomic E-state index is -1.32. The number of nitrogens with two attached hydrogens (primary N) is 1. The van der Waals surface area contributed by atoms with Crippen LogP contribution in [0, 0.1) is 39.9 Å². The predicted molar refractivity (Wildman–Crippen MR) is 337 cm³/mol. The van der Waals surface area contributed by atoms with Gasteiger partial charge in [-0.3, -0.25) is 37.4 Å². The van der Waals surface area contributed by atoms with Crippen LogP contribution in [0.25, 0.3) is 0 Å². The van der Waals surface area contributed by atoms with E-state index < -0.39 is 21.6 Å². The number of aliphatic hydroxyl groups excluding tert-OH is 1. The molecule has 5 aromatic rings. The first kappa shape index (κ1) is 70.7. The van der Waals surface area contributed by atoms with Crippen molar-refractivity contribution < 1.29 is 55.2 Å². The van der Waals surface area contributed by atoms with Crippen LogP contribution >= 0.6 is 11.8 Å². The van der Waals surface area contributed by atoms with E-state index in [1.165, 1.54) is 113 Å². The molecule has 3 fully saturated rings. The number of nitrogens with zero attached hydrogens (tertiary/aromatic N) is 5. The summed E-state index contributed by atoms with van der Waals surface area (Å²) in [7, 11) is -2.33. The number of carbonyl (C=O) groups excluding carboxylic acids is 4. The van der Waals surface area contributed by atoms with Gasteiger partial charge in [-0.15, -0.1) is 11.8 Å². The van der Waals surface area contributed by atoms with Crippen molar-refractivity contribution in [1.82, 2.24) is 9.80 Å². The number of fused-ring (bicyclic) bond motifs is 2. The van der Waals surface area contributed by atoms with E-state index in [1.54, 1.807) is 85.4 Å². The summed E-state index contributed by atoms with van der Waals surface area (Å²) >= 11 is 1.64. The lowest BCUT2D eigenvalue weighted by Crippen LogP contribution is -2.33. The highest BCUT2D eigenvalue weighted by Gasteiger charge is 2.36. The Labute approximate surface area is 514 Å². The number of imide groups is 2. The van der Waals surface area contributed by atoms with Crippen molar-refractivity contribution in [3.63, 3.8) is 0 Å². The van der Waals surface area contributed by atoms with Gasteiger partial charge in [0.1, 0.15) is 17.2 Å². The first-order valence-electron chi connectivity index (χ1n) is 29.3. The number of amides is 4. The Morgan fingerprint density at radius 3 is 1.25 bits per heavy atom. The number of carbonyl (C=O) groups is 4. The van der Waals surface area contributed by atoms with Crippen molar-refractivity contribution in [3.8, 4) is 23.3 Å². The molecule has 0 saturated heterocycles. The second kappa shape index (κ2) is 39.8. The van der Waals surface area contributed by atoms with Gasteiger partial charge in [0.2, 0.25) is 0 Å². The average Bonchev–Trinajstić information content (AvgIpc) is 3.54. The van der Waals surface area contributed by atoms with E-state index in [1.807, 2.05) is 54.6 Å². The van der Waals surface area contributed by atoms with Crippen LogP contribution in [0.2, 0.25) is 0 Å². The second-order valence-corrected chi connectivity index (χ2v) is 25.1. The molecule has 4 amide bonds. The quantitative estimate of drug-likeness (QED) is 0.0416. The summed E-state index contributed by atoms with van der Waals surface area (Å²) in [6, 6.07) is 38.6. The molecule has 3 aliphatic carbocycles. The van der Waals surface area contributed by atoms with Gasteiger partial charge >= 0.3 is 0 Å². The fraction of sp³-hybridized carbons (Fsp3) is 0.462. The Morgan fingerprint density at radius 2 is 0.882 bits per heavy atom. The number of ether oxygens (including phenoxy) is 3. The Hall–Kier alpha value is -6.78. The van der Waals surface area contributed by atoms with Gasteiger partial charge in [-0.1, -0.05) is 100 Å². The number of rotatable bonds is 20. The maximum Gasteiger partial charge on any atom is 0.261 e. The first-order valence-corrected chi connectivity index (χ1v) is 32.9. The van der Waals surface area contributed by atoms with Gasteiger partial charge in [-0.05, 0) is 142 Å². The number of benzene rings is 5. The van der Waals surface area contributed by atoms with Crippen molar-refractivity contribution in [2.75, 3.05) is 63.3 Å². The molecule has 0 aromatic heterocycles. The van der Waals surface area contributed by atoms with E-state index in [0.29, 0.717) is 76.1 Å². The molecule has 17 nitrogen and oxygen atoms in total. The molecule has 0 radical (unpaired) electrons. The van der Waals surface area contributed by atoms with Crippen molar-refractivity contribution in [2.45, 2.75) is 125 Å². The Morgan fingerprint density at radius 1 is 0.553 bits per heavy atom. The van der Waals surface area contributed by atoms with E-state index in [4.69, 9.17) is 41.1 Å². The van der Waals surface area contributed by atoms with Crippen LogP contribution in [-0.4, -0.2) is 116 Å². The molecule has 0 spiro atoms. The molecule has 5 aromatic carbocycles. The molecule has 2 atom stereocenters. The third kappa shape index (κ3) is 22.9. The molecule has 3 saturated carbocycles. The minimum absolute atomic E-state index is 0. The number of nitriles is 1. The fourth-order valence-electron chi connectivity index (χ4n) is 10.4. The highest BCUT2D eigenvalue weighted by Crippen LogP contribution is 2.31. The summed E-state index contributed by atoms with van der Waals surface area (Å²) in [5.41, 5.74) is 7.29. The van der Waals surface area contributed by atoms with Crippen LogP contribution < -0.4 is 19.9 Å². The van der Waals surface area contributed by atoms with E-state index >= 15 is 0 Å². The zero-order valence-corrected chi connectivity index (χ0v) is 51.6. The Bertz CT molecular complexity index is 2920. The van der Waals surface area contributed by atoms with Gasteiger partial charge in [0.25, 0.3) is 23.6 Å². The number of aliphatic hydroxyl groups is 1. The van der Waals surface area contributed by atoms with Crippen LogP contribution in [0.3, 0.4) is 0 Å². The van der Waals surface area contributed by atoms with E-state index in [2.05, 4.69) is 6.07 Å². The maximum absolute atomic E-state index is 12.8.